The second-order valence-electron chi connectivity index (χ2n) is 3.82. The van der Waals surface area contributed by atoms with Crippen molar-refractivity contribution in [2.45, 2.75) is 19.1 Å². The number of pyridine rings is 1. The summed E-state index contributed by atoms with van der Waals surface area (Å²) in [6.07, 6.45) is 3.86. The Kier molecular flexibility index (Phi) is 3.36. The van der Waals surface area contributed by atoms with Crippen LogP contribution in [0.4, 0.5) is 4.79 Å². The lowest BCUT2D eigenvalue weighted by atomic mass is 10.2. The molecule has 0 aliphatic carbocycles. The summed E-state index contributed by atoms with van der Waals surface area (Å²) in [6.45, 7) is 1.71. The molecule has 1 fully saturated rings. The molecule has 2 rings (SSSR count). The Hall–Kier alpha value is -1.62. The molecule has 1 amide bonds. The molecule has 0 bridgehead atoms. The van der Waals surface area contributed by atoms with Crippen molar-refractivity contribution >= 4 is 6.09 Å². The number of ether oxygens (including phenoxy) is 1. The fourth-order valence-electron chi connectivity index (χ4n) is 1.75. The number of carbonyl (C=O) groups excluding carboxylic acids is 1. The molecule has 0 aromatic carbocycles. The highest BCUT2D eigenvalue weighted by atomic mass is 16.6. The first kappa shape index (κ1) is 10.9. The number of hydrogen-bond acceptors (Lipinski definition) is 4. The summed E-state index contributed by atoms with van der Waals surface area (Å²) in [5.74, 6) is 0. The van der Waals surface area contributed by atoms with Crippen LogP contribution in [0.2, 0.25) is 0 Å². The first-order valence-corrected chi connectivity index (χ1v) is 5.34. The van der Waals surface area contributed by atoms with Gasteiger partial charge >= 0.3 is 6.09 Å². The van der Waals surface area contributed by atoms with Crippen molar-refractivity contribution in [3.8, 4) is 0 Å². The maximum absolute atomic E-state index is 11.5. The van der Waals surface area contributed by atoms with Crippen molar-refractivity contribution in [1.29, 1.82) is 0 Å². The molecule has 5 heteroatoms. The van der Waals surface area contributed by atoms with E-state index in [1.807, 2.05) is 12.1 Å². The predicted molar refractivity (Wildman–Crippen MR) is 58.6 cm³/mol. The highest BCUT2D eigenvalue weighted by molar-refractivity contribution is 5.69. The number of hydrogen-bond donors (Lipinski definition) is 1. The van der Waals surface area contributed by atoms with Gasteiger partial charge in [0.2, 0.25) is 0 Å². The fourth-order valence-corrected chi connectivity index (χ4v) is 1.75. The van der Waals surface area contributed by atoms with Crippen LogP contribution in [0.15, 0.2) is 24.5 Å². The van der Waals surface area contributed by atoms with Gasteiger partial charge in [-0.25, -0.2) is 4.79 Å². The molecule has 1 aromatic rings. The van der Waals surface area contributed by atoms with Gasteiger partial charge in [0.05, 0.1) is 13.1 Å². The number of cyclic esters (lactones) is 1. The summed E-state index contributed by atoms with van der Waals surface area (Å²) in [7, 11) is 0. The molecule has 2 heterocycles. The third kappa shape index (κ3) is 2.49. The molecule has 0 radical (unpaired) electrons. The molecule has 1 saturated heterocycles. The van der Waals surface area contributed by atoms with Gasteiger partial charge in [-0.2, -0.15) is 0 Å². The molecule has 1 aromatic heterocycles. The van der Waals surface area contributed by atoms with Crippen LogP contribution < -0.4 is 5.73 Å². The molecular formula is C11H15N3O2. The van der Waals surface area contributed by atoms with Crippen molar-refractivity contribution in [2.24, 2.45) is 5.73 Å². The van der Waals surface area contributed by atoms with Crippen LogP contribution in [0.3, 0.4) is 0 Å². The molecule has 16 heavy (non-hydrogen) atoms. The lowest BCUT2D eigenvalue weighted by Gasteiger charge is -2.12. The summed E-state index contributed by atoms with van der Waals surface area (Å²) in [4.78, 5) is 17.2. The minimum absolute atomic E-state index is 0.0610. The number of nitrogens with zero attached hydrogens (tertiary/aromatic N) is 2. The second kappa shape index (κ2) is 4.94. The van der Waals surface area contributed by atoms with Gasteiger partial charge in [-0.3, -0.25) is 4.98 Å². The average molecular weight is 221 g/mol. The van der Waals surface area contributed by atoms with Crippen LogP contribution >= 0.6 is 0 Å². The second-order valence-corrected chi connectivity index (χ2v) is 3.82. The standard InChI is InChI=1S/C11H15N3O2/c12-4-3-10-8-14(11(15)16-10)7-9-2-1-5-13-6-9/h1-2,5-6,10H,3-4,7-8,12H2. The van der Waals surface area contributed by atoms with Crippen molar-refractivity contribution in [1.82, 2.24) is 9.88 Å². The van der Waals surface area contributed by atoms with Crippen molar-refractivity contribution in [2.75, 3.05) is 13.1 Å². The number of carbonyl (C=O) groups is 1. The van der Waals surface area contributed by atoms with Gasteiger partial charge in [-0.15, -0.1) is 0 Å². The zero-order valence-electron chi connectivity index (χ0n) is 9.00. The minimum Gasteiger partial charge on any atom is -0.444 e. The molecule has 1 atom stereocenters. The van der Waals surface area contributed by atoms with E-state index < -0.39 is 0 Å². The normalized spacial score (nSPS) is 19.9. The molecule has 0 spiro atoms. The van der Waals surface area contributed by atoms with E-state index in [0.717, 1.165) is 12.0 Å². The SMILES string of the molecule is NCCC1CN(Cc2cccnc2)C(=O)O1. The Morgan fingerprint density at radius 2 is 2.50 bits per heavy atom. The lowest BCUT2D eigenvalue weighted by molar-refractivity contribution is 0.129. The monoisotopic (exact) mass is 221 g/mol. The van der Waals surface area contributed by atoms with Crippen LogP contribution in [-0.2, 0) is 11.3 Å². The van der Waals surface area contributed by atoms with Crippen molar-refractivity contribution in [3.05, 3.63) is 30.1 Å². The van der Waals surface area contributed by atoms with Crippen LogP contribution in [0.5, 0.6) is 0 Å². The fraction of sp³-hybridized carbons (Fsp3) is 0.455. The number of rotatable bonds is 4. The predicted octanol–water partition coefficient (Wildman–Crippen LogP) is 0.751. The van der Waals surface area contributed by atoms with Gasteiger partial charge < -0.3 is 15.4 Å². The highest BCUT2D eigenvalue weighted by Crippen LogP contribution is 2.16. The molecule has 2 N–H and O–H groups in total. The first-order valence-electron chi connectivity index (χ1n) is 5.34. The van der Waals surface area contributed by atoms with Crippen LogP contribution in [0.1, 0.15) is 12.0 Å². The topological polar surface area (TPSA) is 68.5 Å². The smallest absolute Gasteiger partial charge is 0.410 e. The van der Waals surface area contributed by atoms with Crippen LogP contribution in [0.25, 0.3) is 0 Å². The molecule has 0 saturated carbocycles. The quantitative estimate of drug-likeness (QED) is 0.814. The lowest BCUT2D eigenvalue weighted by Crippen LogP contribution is -2.25. The number of amides is 1. The first-order chi connectivity index (χ1) is 7.79. The van der Waals surface area contributed by atoms with Crippen molar-refractivity contribution in [3.63, 3.8) is 0 Å². The molecule has 1 unspecified atom stereocenters. The van der Waals surface area contributed by atoms with Crippen LogP contribution in [-0.4, -0.2) is 35.2 Å². The Labute approximate surface area is 94.2 Å². The third-order valence-electron chi connectivity index (χ3n) is 2.53. The van der Waals surface area contributed by atoms with E-state index in [-0.39, 0.29) is 12.2 Å². The summed E-state index contributed by atoms with van der Waals surface area (Å²) >= 11 is 0. The van der Waals surface area contributed by atoms with Gasteiger partial charge in [-0.1, -0.05) is 6.07 Å². The Morgan fingerprint density at radius 3 is 3.19 bits per heavy atom. The maximum Gasteiger partial charge on any atom is 0.410 e. The van der Waals surface area contributed by atoms with E-state index in [1.54, 1.807) is 17.3 Å². The third-order valence-corrected chi connectivity index (χ3v) is 2.53. The summed E-state index contributed by atoms with van der Waals surface area (Å²) in [5.41, 5.74) is 6.44. The van der Waals surface area contributed by atoms with Gasteiger partial charge in [0.15, 0.2) is 0 Å². The van der Waals surface area contributed by atoms with E-state index >= 15 is 0 Å². The molecule has 1 aliphatic rings. The zero-order chi connectivity index (χ0) is 11.4. The Morgan fingerprint density at radius 1 is 1.62 bits per heavy atom. The Bertz CT molecular complexity index is 356. The van der Waals surface area contributed by atoms with Gasteiger partial charge in [0.25, 0.3) is 0 Å². The van der Waals surface area contributed by atoms with Gasteiger partial charge in [0, 0.05) is 12.4 Å². The Balaban J connectivity index is 1.94. The average Bonchev–Trinajstić information content (AvgIpc) is 2.61. The summed E-state index contributed by atoms with van der Waals surface area (Å²) in [5, 5.41) is 0. The van der Waals surface area contributed by atoms with Crippen LogP contribution in [0, 0.1) is 0 Å². The van der Waals surface area contributed by atoms with E-state index in [4.69, 9.17) is 10.5 Å². The van der Waals surface area contributed by atoms with Gasteiger partial charge in [0.1, 0.15) is 6.10 Å². The minimum atomic E-state index is -0.262. The van der Waals surface area contributed by atoms with Gasteiger partial charge in [-0.05, 0) is 24.6 Å². The summed E-state index contributed by atoms with van der Waals surface area (Å²) in [6, 6.07) is 3.80. The zero-order valence-corrected chi connectivity index (χ0v) is 9.00. The van der Waals surface area contributed by atoms with E-state index in [2.05, 4.69) is 4.98 Å². The maximum atomic E-state index is 11.5. The van der Waals surface area contributed by atoms with E-state index in [0.29, 0.717) is 19.6 Å². The number of aromatic nitrogens is 1. The van der Waals surface area contributed by atoms with E-state index in [9.17, 15) is 4.79 Å². The molecular weight excluding hydrogens is 206 g/mol. The number of nitrogens with two attached hydrogens (primary N) is 1. The molecule has 1 aliphatic heterocycles. The van der Waals surface area contributed by atoms with Crippen molar-refractivity contribution < 1.29 is 9.53 Å². The largest absolute Gasteiger partial charge is 0.444 e. The molecule has 5 nitrogen and oxygen atoms in total. The highest BCUT2D eigenvalue weighted by Gasteiger charge is 2.30. The van der Waals surface area contributed by atoms with E-state index in [1.165, 1.54) is 0 Å². The summed E-state index contributed by atoms with van der Waals surface area (Å²) < 4.78 is 5.17. The molecule has 86 valence electrons.